The molecule has 0 bridgehead atoms. The Morgan fingerprint density at radius 2 is 1.22 bits per heavy atom. The Balaban J connectivity index is 0.00000304. The first-order valence-corrected chi connectivity index (χ1v) is 14.4. The van der Waals surface area contributed by atoms with Crippen LogP contribution in [0.4, 0.5) is 0 Å². The van der Waals surface area contributed by atoms with E-state index in [1.165, 1.54) is 21.5 Å². The molecule has 2 nitrogen and oxygen atoms in total. The summed E-state index contributed by atoms with van der Waals surface area (Å²) in [4.78, 5) is 5.29. The number of benzene rings is 4. The van der Waals surface area contributed by atoms with Gasteiger partial charge in [-0.2, -0.15) is 4.98 Å². The number of thioether (sulfide) groups is 1. The molecule has 0 spiro atoms. The fourth-order valence-corrected chi connectivity index (χ4v) is 9.56. The second-order valence-electron chi connectivity index (χ2n) is 8.27. The molecule has 0 aliphatic rings. The van der Waals surface area contributed by atoms with Crippen LogP contribution in [0.5, 0.6) is 0 Å². The minimum absolute atomic E-state index is 0. The Morgan fingerprint density at radius 1 is 0.750 bits per heavy atom. The van der Waals surface area contributed by atoms with Crippen LogP contribution in [0.2, 0.25) is 0 Å². The molecule has 36 heavy (non-hydrogen) atoms. The fraction of sp³-hybridized carbons (Fsp3) is 0.0645. The van der Waals surface area contributed by atoms with Crippen molar-refractivity contribution < 1.29 is 28.4 Å². The van der Waals surface area contributed by atoms with Crippen LogP contribution in [0, 0.1) is 6.92 Å². The quantitative estimate of drug-likeness (QED) is 0.115. The van der Waals surface area contributed by atoms with Gasteiger partial charge in [0.15, 0.2) is 7.26 Å². The van der Waals surface area contributed by atoms with Crippen LogP contribution in [0.15, 0.2) is 137 Å². The molecule has 0 aliphatic carbocycles. The van der Waals surface area contributed by atoms with E-state index in [9.17, 15) is 0 Å². The zero-order valence-electron chi connectivity index (χ0n) is 20.1. The van der Waals surface area contributed by atoms with E-state index in [0.29, 0.717) is 5.89 Å². The first kappa shape index (κ1) is 26.4. The lowest BCUT2D eigenvalue weighted by molar-refractivity contribution is -0.00000729. The number of nitrogens with zero attached hydrogens (tertiary/aromatic N) is 1. The third kappa shape index (κ3) is 5.08. The Bertz CT molecular complexity index is 1310. The lowest BCUT2D eigenvalue weighted by atomic mass is 10.1. The zero-order valence-corrected chi connectivity index (χ0v) is 23.9. The van der Waals surface area contributed by atoms with Gasteiger partial charge in [0.1, 0.15) is 15.9 Å². The normalized spacial score (nSPS) is 11.0. The third-order valence-electron chi connectivity index (χ3n) is 5.96. The van der Waals surface area contributed by atoms with E-state index in [-0.39, 0.29) is 24.0 Å². The van der Waals surface area contributed by atoms with E-state index in [1.54, 1.807) is 11.8 Å². The van der Waals surface area contributed by atoms with Crippen molar-refractivity contribution >= 4 is 40.4 Å². The summed E-state index contributed by atoms with van der Waals surface area (Å²) in [6.45, 7) is 6.03. The van der Waals surface area contributed by atoms with Crippen LogP contribution >= 0.6 is 19.0 Å². The standard InChI is InChI=1S/C31H27NOPS.HI/c1-3-23-35-31-30(32-29(33-31)25-21-19-24(2)20-22-25)34(26-13-7-4-8-14-26,27-15-9-5-10-16-27)28-17-11-6-12-18-28;/h3-22H,1,23H2,2H3;1H/q+1;/p-1. The highest BCUT2D eigenvalue weighted by Crippen LogP contribution is 2.56. The van der Waals surface area contributed by atoms with Gasteiger partial charge in [0.25, 0.3) is 5.44 Å². The Kier molecular flexibility index (Phi) is 8.84. The second kappa shape index (κ2) is 12.1. The maximum absolute atomic E-state index is 6.55. The number of halogens is 1. The van der Waals surface area contributed by atoms with Gasteiger partial charge in [0, 0.05) is 11.3 Å². The average Bonchev–Trinajstić information content (AvgIpc) is 3.34. The second-order valence-corrected chi connectivity index (χ2v) is 12.6. The molecule has 0 unspecified atom stereocenters. The van der Waals surface area contributed by atoms with Gasteiger partial charge in [-0.25, -0.2) is 0 Å². The topological polar surface area (TPSA) is 26.0 Å². The van der Waals surface area contributed by atoms with E-state index in [0.717, 1.165) is 21.8 Å². The predicted octanol–water partition coefficient (Wildman–Crippen LogP) is 3.55. The largest absolute Gasteiger partial charge is 1.00 e. The van der Waals surface area contributed by atoms with Crippen molar-refractivity contribution in [2.45, 2.75) is 12.0 Å². The Morgan fingerprint density at radius 3 is 1.67 bits per heavy atom. The summed E-state index contributed by atoms with van der Waals surface area (Å²) >= 11 is 1.66. The first-order chi connectivity index (χ1) is 17.2. The predicted molar refractivity (Wildman–Crippen MR) is 152 cm³/mol. The van der Waals surface area contributed by atoms with Crippen molar-refractivity contribution in [2.75, 3.05) is 5.75 Å². The number of oxazole rings is 1. The minimum atomic E-state index is -2.35. The van der Waals surface area contributed by atoms with Crippen LogP contribution in [0.1, 0.15) is 5.56 Å². The van der Waals surface area contributed by atoms with Crippen LogP contribution in [-0.2, 0) is 0 Å². The summed E-state index contributed by atoms with van der Waals surface area (Å²) < 4.78 is 6.55. The zero-order chi connectivity index (χ0) is 24.1. The monoisotopic (exact) mass is 619 g/mol. The van der Waals surface area contributed by atoms with Crippen LogP contribution < -0.4 is 45.3 Å². The van der Waals surface area contributed by atoms with Crippen molar-refractivity contribution in [2.24, 2.45) is 0 Å². The molecule has 0 fully saturated rings. The SMILES string of the molecule is C=CCSc1oc(-c2ccc(C)cc2)nc1[P+](c1ccccc1)(c1ccccc1)c1ccccc1.[I-]. The Hall–Kier alpha value is -2.66. The molecule has 0 amide bonds. The van der Waals surface area contributed by atoms with Crippen molar-refractivity contribution in [1.82, 2.24) is 4.98 Å². The number of rotatable bonds is 8. The molecule has 0 atom stereocenters. The molecule has 0 saturated carbocycles. The summed E-state index contributed by atoms with van der Waals surface area (Å²) in [6, 6.07) is 40.7. The summed E-state index contributed by atoms with van der Waals surface area (Å²) in [5, 5.41) is 4.61. The third-order valence-corrected chi connectivity index (χ3v) is 11.2. The van der Waals surface area contributed by atoms with Crippen molar-refractivity contribution in [3.05, 3.63) is 133 Å². The maximum atomic E-state index is 6.55. The van der Waals surface area contributed by atoms with Crippen molar-refractivity contribution in [1.29, 1.82) is 0 Å². The van der Waals surface area contributed by atoms with Gasteiger partial charge in [-0.15, -0.1) is 6.58 Å². The highest BCUT2D eigenvalue weighted by Gasteiger charge is 2.52. The molecule has 0 aliphatic heterocycles. The van der Waals surface area contributed by atoms with Crippen LogP contribution in [-0.4, -0.2) is 10.7 Å². The van der Waals surface area contributed by atoms with E-state index < -0.39 is 7.26 Å². The highest BCUT2D eigenvalue weighted by molar-refractivity contribution is 8.04. The minimum Gasteiger partial charge on any atom is -1.00 e. The van der Waals surface area contributed by atoms with E-state index in [1.807, 2.05) is 6.08 Å². The van der Waals surface area contributed by atoms with Gasteiger partial charge in [0.05, 0.1) is 0 Å². The van der Waals surface area contributed by atoms with Gasteiger partial charge in [-0.05, 0) is 55.5 Å². The lowest BCUT2D eigenvalue weighted by Crippen LogP contribution is -3.00. The smallest absolute Gasteiger partial charge is 0.251 e. The molecule has 180 valence electrons. The molecular formula is C31H27INOPS. The number of aromatic nitrogens is 1. The summed E-state index contributed by atoms with van der Waals surface area (Å²) in [5.41, 5.74) is 3.19. The molecule has 5 rings (SSSR count). The number of aryl methyl sites for hydroxylation is 1. The summed E-state index contributed by atoms with van der Waals surface area (Å²) in [7, 11) is -2.35. The van der Waals surface area contributed by atoms with Gasteiger partial charge in [-0.3, -0.25) is 0 Å². The van der Waals surface area contributed by atoms with E-state index in [2.05, 4.69) is 129 Å². The fourth-order valence-electron chi connectivity index (χ4n) is 4.33. The van der Waals surface area contributed by atoms with Crippen LogP contribution in [0.25, 0.3) is 11.5 Å². The molecule has 4 aromatic carbocycles. The molecule has 1 heterocycles. The molecule has 0 saturated heterocycles. The molecule has 5 heteroatoms. The van der Waals surface area contributed by atoms with E-state index in [4.69, 9.17) is 9.40 Å². The maximum Gasteiger partial charge on any atom is 0.251 e. The molecule has 5 aromatic rings. The molecule has 1 aromatic heterocycles. The van der Waals surface area contributed by atoms with Gasteiger partial charge in [0.2, 0.25) is 11.0 Å². The average molecular weight is 620 g/mol. The molecule has 0 N–H and O–H groups in total. The van der Waals surface area contributed by atoms with Crippen LogP contribution in [0.3, 0.4) is 0 Å². The highest BCUT2D eigenvalue weighted by atomic mass is 127. The Labute approximate surface area is 235 Å². The molecular weight excluding hydrogens is 592 g/mol. The number of hydrogen-bond donors (Lipinski definition) is 0. The molecule has 0 radical (unpaired) electrons. The van der Waals surface area contributed by atoms with E-state index >= 15 is 0 Å². The number of hydrogen-bond acceptors (Lipinski definition) is 3. The van der Waals surface area contributed by atoms with Gasteiger partial charge >= 0.3 is 0 Å². The summed E-state index contributed by atoms with van der Waals surface area (Å²) in [6.07, 6.45) is 1.91. The van der Waals surface area contributed by atoms with Gasteiger partial charge in [-0.1, -0.05) is 90.1 Å². The first-order valence-electron chi connectivity index (χ1n) is 11.6. The lowest BCUT2D eigenvalue weighted by Gasteiger charge is -2.25. The summed E-state index contributed by atoms with van der Waals surface area (Å²) in [5.74, 6) is 1.40. The van der Waals surface area contributed by atoms with Gasteiger partial charge < -0.3 is 28.4 Å². The van der Waals surface area contributed by atoms with Crippen molar-refractivity contribution in [3.63, 3.8) is 0 Å². The van der Waals surface area contributed by atoms with Crippen molar-refractivity contribution in [3.8, 4) is 11.5 Å².